The summed E-state index contributed by atoms with van der Waals surface area (Å²) in [6.07, 6.45) is 0. The van der Waals surface area contributed by atoms with Crippen molar-refractivity contribution in [1.29, 1.82) is 0 Å². The molecule has 3 heteroatoms. The second-order valence-electron chi connectivity index (χ2n) is 2.81. The second-order valence-corrected chi connectivity index (χ2v) is 4.82. The average Bonchev–Trinajstić information content (AvgIpc) is 2.30. The largest absolute Gasteiger partial charge is 0.359 e. The molecule has 12 heavy (non-hydrogen) atoms. The van der Waals surface area contributed by atoms with Gasteiger partial charge in [-0.25, -0.2) is 0 Å². The fourth-order valence-electron chi connectivity index (χ4n) is 1.27. The van der Waals surface area contributed by atoms with Gasteiger partial charge in [0.15, 0.2) is 0 Å². The molecule has 0 aliphatic heterocycles. The van der Waals surface area contributed by atoms with Gasteiger partial charge in [0.05, 0.1) is 0 Å². The Balaban J connectivity index is 2.83. The van der Waals surface area contributed by atoms with E-state index < -0.39 is 0 Å². The zero-order valence-electron chi connectivity index (χ0n) is 6.49. The number of benzene rings is 1. The van der Waals surface area contributed by atoms with Crippen LogP contribution in [0.3, 0.4) is 0 Å². The van der Waals surface area contributed by atoms with Crippen LogP contribution < -0.4 is 0 Å². The average molecular weight is 336 g/mol. The number of aryl methyl sites for hydroxylation is 1. The van der Waals surface area contributed by atoms with E-state index in [-0.39, 0.29) is 0 Å². The highest BCUT2D eigenvalue weighted by Crippen LogP contribution is 2.25. The first-order valence-corrected chi connectivity index (χ1v) is 5.48. The molecule has 0 aliphatic carbocycles. The van der Waals surface area contributed by atoms with Crippen molar-refractivity contribution in [3.05, 3.63) is 31.9 Å². The van der Waals surface area contributed by atoms with Crippen LogP contribution in [-0.4, -0.2) is 4.98 Å². The zero-order valence-corrected chi connectivity index (χ0v) is 10.2. The molecule has 0 saturated heterocycles. The Hall–Kier alpha value is -0.0300. The third-order valence-corrected chi connectivity index (χ3v) is 4.09. The first-order valence-electron chi connectivity index (χ1n) is 3.61. The highest BCUT2D eigenvalue weighted by atomic mass is 127. The van der Waals surface area contributed by atoms with Crippen LogP contribution in [0.4, 0.5) is 0 Å². The standard InChI is InChI=1S/C9H7BrIN/c1-5-2-6-3-7(10)8(11)4-9(6)12-5/h2-4,12H,1H3. The van der Waals surface area contributed by atoms with E-state index >= 15 is 0 Å². The van der Waals surface area contributed by atoms with Gasteiger partial charge < -0.3 is 4.98 Å². The van der Waals surface area contributed by atoms with Crippen molar-refractivity contribution in [2.24, 2.45) is 0 Å². The molecule has 1 aromatic carbocycles. The lowest BCUT2D eigenvalue weighted by atomic mass is 10.2. The second kappa shape index (κ2) is 3.03. The Bertz CT molecular complexity index is 394. The van der Waals surface area contributed by atoms with Crippen molar-refractivity contribution in [3.8, 4) is 0 Å². The number of halogens is 2. The van der Waals surface area contributed by atoms with Crippen LogP contribution in [-0.2, 0) is 0 Å². The van der Waals surface area contributed by atoms with Gasteiger partial charge in [-0.1, -0.05) is 0 Å². The van der Waals surface area contributed by atoms with Crippen molar-refractivity contribution >= 4 is 49.4 Å². The monoisotopic (exact) mass is 335 g/mol. The van der Waals surface area contributed by atoms with Crippen molar-refractivity contribution < 1.29 is 0 Å². The summed E-state index contributed by atoms with van der Waals surface area (Å²) in [7, 11) is 0. The topological polar surface area (TPSA) is 15.8 Å². The van der Waals surface area contributed by atoms with Crippen molar-refractivity contribution in [2.75, 3.05) is 0 Å². The fourth-order valence-corrected chi connectivity index (χ4v) is 2.10. The molecule has 1 aromatic heterocycles. The molecule has 2 aromatic rings. The maximum atomic E-state index is 3.50. The van der Waals surface area contributed by atoms with Gasteiger partial charge in [0.1, 0.15) is 0 Å². The Kier molecular flexibility index (Phi) is 2.16. The number of aromatic amines is 1. The smallest absolute Gasteiger partial charge is 0.0467 e. The molecule has 1 N–H and O–H groups in total. The van der Waals surface area contributed by atoms with Gasteiger partial charge >= 0.3 is 0 Å². The van der Waals surface area contributed by atoms with Gasteiger partial charge in [0.25, 0.3) is 0 Å². The number of aromatic nitrogens is 1. The van der Waals surface area contributed by atoms with Crippen molar-refractivity contribution in [3.63, 3.8) is 0 Å². The molecule has 0 amide bonds. The Morgan fingerprint density at radius 2 is 2.08 bits per heavy atom. The van der Waals surface area contributed by atoms with Gasteiger partial charge in [-0.3, -0.25) is 0 Å². The molecule has 0 bridgehead atoms. The molecule has 0 unspecified atom stereocenters. The molecule has 0 fully saturated rings. The van der Waals surface area contributed by atoms with E-state index in [1.54, 1.807) is 0 Å². The fraction of sp³-hybridized carbons (Fsp3) is 0.111. The van der Waals surface area contributed by atoms with E-state index in [2.05, 4.69) is 68.6 Å². The molecule has 2 rings (SSSR count). The van der Waals surface area contributed by atoms with Gasteiger partial charge in [-0.2, -0.15) is 0 Å². The number of H-pyrrole nitrogens is 1. The maximum Gasteiger partial charge on any atom is 0.0467 e. The molecule has 0 spiro atoms. The van der Waals surface area contributed by atoms with E-state index in [0.29, 0.717) is 0 Å². The molecule has 0 aliphatic rings. The summed E-state index contributed by atoms with van der Waals surface area (Å²) >= 11 is 5.82. The number of rotatable bonds is 0. The first-order chi connectivity index (χ1) is 5.66. The lowest BCUT2D eigenvalue weighted by Gasteiger charge is -1.95. The van der Waals surface area contributed by atoms with Crippen LogP contribution >= 0.6 is 38.5 Å². The summed E-state index contributed by atoms with van der Waals surface area (Å²) in [6, 6.07) is 6.43. The van der Waals surface area contributed by atoms with E-state index in [1.165, 1.54) is 20.2 Å². The summed E-state index contributed by atoms with van der Waals surface area (Å²) < 4.78 is 2.40. The highest BCUT2D eigenvalue weighted by Gasteiger charge is 2.01. The van der Waals surface area contributed by atoms with Gasteiger partial charge in [-0.05, 0) is 63.6 Å². The predicted octanol–water partition coefficient (Wildman–Crippen LogP) is 3.84. The summed E-state index contributed by atoms with van der Waals surface area (Å²) in [5, 5.41) is 1.26. The maximum absolute atomic E-state index is 3.50. The number of hydrogen-bond donors (Lipinski definition) is 1. The Morgan fingerprint density at radius 1 is 1.33 bits per heavy atom. The first kappa shape index (κ1) is 8.56. The Labute approximate surface area is 92.8 Å². The summed E-state index contributed by atoms with van der Waals surface area (Å²) in [5.74, 6) is 0. The minimum atomic E-state index is 1.16. The van der Waals surface area contributed by atoms with E-state index in [4.69, 9.17) is 0 Å². The predicted molar refractivity (Wildman–Crippen MR) is 63.5 cm³/mol. The van der Waals surface area contributed by atoms with Crippen LogP contribution in [0.2, 0.25) is 0 Å². The molecule has 1 nitrogen and oxygen atoms in total. The van der Waals surface area contributed by atoms with E-state index in [9.17, 15) is 0 Å². The molecule has 0 atom stereocenters. The third-order valence-electron chi connectivity index (χ3n) is 1.80. The van der Waals surface area contributed by atoms with Crippen LogP contribution in [0.5, 0.6) is 0 Å². The van der Waals surface area contributed by atoms with Crippen LogP contribution in [0.1, 0.15) is 5.69 Å². The Morgan fingerprint density at radius 3 is 2.83 bits per heavy atom. The summed E-state index contributed by atoms with van der Waals surface area (Å²) in [6.45, 7) is 2.07. The molecule has 0 saturated carbocycles. The van der Waals surface area contributed by atoms with Crippen molar-refractivity contribution in [2.45, 2.75) is 6.92 Å². The van der Waals surface area contributed by atoms with Gasteiger partial charge in [0.2, 0.25) is 0 Å². The zero-order chi connectivity index (χ0) is 8.72. The van der Waals surface area contributed by atoms with Crippen LogP contribution in [0, 0.1) is 10.5 Å². The molecule has 0 radical (unpaired) electrons. The third kappa shape index (κ3) is 1.40. The molecule has 62 valence electrons. The molecular formula is C9H7BrIN. The highest BCUT2D eigenvalue weighted by molar-refractivity contribution is 14.1. The summed E-state index contributed by atoms with van der Waals surface area (Å²) in [4.78, 5) is 3.30. The lowest BCUT2D eigenvalue weighted by Crippen LogP contribution is -1.74. The van der Waals surface area contributed by atoms with E-state index in [0.717, 1.165) is 4.47 Å². The molecular weight excluding hydrogens is 329 g/mol. The van der Waals surface area contributed by atoms with Crippen LogP contribution in [0.25, 0.3) is 10.9 Å². The normalized spacial score (nSPS) is 10.9. The number of nitrogens with one attached hydrogen (secondary N) is 1. The van der Waals surface area contributed by atoms with Crippen molar-refractivity contribution in [1.82, 2.24) is 4.98 Å². The SMILES string of the molecule is Cc1cc2cc(Br)c(I)cc2[nH]1. The van der Waals surface area contributed by atoms with Crippen LogP contribution in [0.15, 0.2) is 22.7 Å². The van der Waals surface area contributed by atoms with E-state index in [1.807, 2.05) is 0 Å². The number of hydrogen-bond acceptors (Lipinski definition) is 0. The lowest BCUT2D eigenvalue weighted by molar-refractivity contribution is 1.30. The minimum Gasteiger partial charge on any atom is -0.359 e. The molecule has 1 heterocycles. The number of fused-ring (bicyclic) bond motifs is 1. The van der Waals surface area contributed by atoms with Gasteiger partial charge in [-0.15, -0.1) is 0 Å². The summed E-state index contributed by atoms with van der Waals surface area (Å²) in [5.41, 5.74) is 2.42. The quantitative estimate of drug-likeness (QED) is 0.704. The minimum absolute atomic E-state index is 1.16. The van der Waals surface area contributed by atoms with Gasteiger partial charge in [0, 0.05) is 24.6 Å².